The van der Waals surface area contributed by atoms with Crippen LogP contribution in [0.1, 0.15) is 32.9 Å². The Labute approximate surface area is 91.9 Å². The van der Waals surface area contributed by atoms with Gasteiger partial charge >= 0.3 is 0 Å². The first-order valence-corrected chi connectivity index (χ1v) is 5.53. The van der Waals surface area contributed by atoms with Crippen LogP contribution in [0, 0.1) is 0 Å². The predicted molar refractivity (Wildman–Crippen MR) is 62.0 cm³/mol. The second-order valence-corrected chi connectivity index (χ2v) is 3.87. The fraction of sp³-hybridized carbons (Fsp3) is 0.583. The van der Waals surface area contributed by atoms with Gasteiger partial charge in [-0.05, 0) is 18.6 Å². The summed E-state index contributed by atoms with van der Waals surface area (Å²) in [7, 11) is 0. The van der Waals surface area contributed by atoms with E-state index in [2.05, 4.69) is 31.1 Å². The normalized spacial score (nSPS) is 10.7. The van der Waals surface area contributed by atoms with E-state index in [9.17, 15) is 0 Å². The first kappa shape index (κ1) is 12.0. The van der Waals surface area contributed by atoms with E-state index in [1.54, 1.807) is 6.20 Å². The summed E-state index contributed by atoms with van der Waals surface area (Å²) >= 11 is 0. The number of rotatable bonds is 6. The highest BCUT2D eigenvalue weighted by Crippen LogP contribution is 2.09. The van der Waals surface area contributed by atoms with Crippen molar-refractivity contribution in [2.45, 2.75) is 39.8 Å². The number of pyridine rings is 1. The van der Waals surface area contributed by atoms with E-state index in [4.69, 9.17) is 4.74 Å². The minimum atomic E-state index is 0.489. The van der Waals surface area contributed by atoms with E-state index >= 15 is 0 Å². The van der Waals surface area contributed by atoms with Crippen molar-refractivity contribution in [2.75, 3.05) is 6.61 Å². The standard InChI is InChI=1S/C12H20N2O/c1-4-7-15-12-6-5-11(14-9-12)8-13-10(2)3/h5-6,9-10,13H,4,7-8H2,1-3H3. The number of aromatic nitrogens is 1. The van der Waals surface area contributed by atoms with Crippen LogP contribution in [-0.4, -0.2) is 17.6 Å². The van der Waals surface area contributed by atoms with E-state index in [-0.39, 0.29) is 0 Å². The molecule has 1 N–H and O–H groups in total. The molecule has 0 bridgehead atoms. The van der Waals surface area contributed by atoms with Crippen LogP contribution in [0.5, 0.6) is 5.75 Å². The van der Waals surface area contributed by atoms with Crippen molar-refractivity contribution in [3.05, 3.63) is 24.0 Å². The van der Waals surface area contributed by atoms with Crippen LogP contribution in [0.15, 0.2) is 18.3 Å². The van der Waals surface area contributed by atoms with Gasteiger partial charge in [-0.1, -0.05) is 20.8 Å². The van der Waals surface area contributed by atoms with Crippen molar-refractivity contribution in [2.24, 2.45) is 0 Å². The SMILES string of the molecule is CCCOc1ccc(CNC(C)C)nc1. The summed E-state index contributed by atoms with van der Waals surface area (Å²) in [6.45, 7) is 7.91. The van der Waals surface area contributed by atoms with Gasteiger partial charge in [0.05, 0.1) is 18.5 Å². The third-order valence-corrected chi connectivity index (χ3v) is 1.96. The molecule has 0 atom stereocenters. The number of hydrogen-bond donors (Lipinski definition) is 1. The molecule has 1 heterocycles. The summed E-state index contributed by atoms with van der Waals surface area (Å²) in [6.07, 6.45) is 2.81. The molecule has 84 valence electrons. The fourth-order valence-corrected chi connectivity index (χ4v) is 1.13. The van der Waals surface area contributed by atoms with Crippen molar-refractivity contribution >= 4 is 0 Å². The molecule has 0 aliphatic rings. The number of nitrogens with one attached hydrogen (secondary N) is 1. The van der Waals surface area contributed by atoms with Crippen LogP contribution in [-0.2, 0) is 6.54 Å². The van der Waals surface area contributed by atoms with E-state index in [0.29, 0.717) is 6.04 Å². The van der Waals surface area contributed by atoms with Gasteiger partial charge in [-0.2, -0.15) is 0 Å². The van der Waals surface area contributed by atoms with Gasteiger partial charge in [0.15, 0.2) is 0 Å². The average Bonchev–Trinajstić information content (AvgIpc) is 2.25. The van der Waals surface area contributed by atoms with Crippen molar-refractivity contribution in [1.29, 1.82) is 0 Å². The van der Waals surface area contributed by atoms with E-state index in [0.717, 1.165) is 31.0 Å². The van der Waals surface area contributed by atoms with E-state index < -0.39 is 0 Å². The lowest BCUT2D eigenvalue weighted by molar-refractivity contribution is 0.316. The summed E-state index contributed by atoms with van der Waals surface area (Å²) < 4.78 is 5.45. The molecule has 0 radical (unpaired) electrons. The van der Waals surface area contributed by atoms with Crippen LogP contribution in [0.25, 0.3) is 0 Å². The minimum Gasteiger partial charge on any atom is -0.492 e. The van der Waals surface area contributed by atoms with Crippen molar-refractivity contribution in [3.63, 3.8) is 0 Å². The Hall–Kier alpha value is -1.09. The molecule has 0 aliphatic heterocycles. The third-order valence-electron chi connectivity index (χ3n) is 1.96. The third kappa shape index (κ3) is 4.79. The van der Waals surface area contributed by atoms with Crippen LogP contribution in [0.4, 0.5) is 0 Å². The Kier molecular flexibility index (Phi) is 5.12. The zero-order valence-electron chi connectivity index (χ0n) is 9.79. The molecule has 0 unspecified atom stereocenters. The smallest absolute Gasteiger partial charge is 0.137 e. The Morgan fingerprint density at radius 3 is 2.73 bits per heavy atom. The van der Waals surface area contributed by atoms with Gasteiger partial charge in [0.1, 0.15) is 5.75 Å². The second kappa shape index (κ2) is 6.40. The molecule has 0 amide bonds. The topological polar surface area (TPSA) is 34.1 Å². The lowest BCUT2D eigenvalue weighted by atomic mass is 10.3. The van der Waals surface area contributed by atoms with Gasteiger partial charge in [-0.25, -0.2) is 0 Å². The maximum absolute atomic E-state index is 5.45. The van der Waals surface area contributed by atoms with Gasteiger partial charge in [0.25, 0.3) is 0 Å². The summed E-state index contributed by atoms with van der Waals surface area (Å²) in [5.74, 6) is 0.852. The highest BCUT2D eigenvalue weighted by atomic mass is 16.5. The zero-order valence-corrected chi connectivity index (χ0v) is 9.79. The molecule has 1 aromatic heterocycles. The summed E-state index contributed by atoms with van der Waals surface area (Å²) in [6, 6.07) is 4.46. The van der Waals surface area contributed by atoms with E-state index in [1.165, 1.54) is 0 Å². The molecule has 3 nitrogen and oxygen atoms in total. The monoisotopic (exact) mass is 208 g/mol. The van der Waals surface area contributed by atoms with Crippen LogP contribution in [0.2, 0.25) is 0 Å². The Morgan fingerprint density at radius 1 is 1.40 bits per heavy atom. The fourth-order valence-electron chi connectivity index (χ4n) is 1.13. The quantitative estimate of drug-likeness (QED) is 0.779. The summed E-state index contributed by atoms with van der Waals surface area (Å²) in [5.41, 5.74) is 1.05. The van der Waals surface area contributed by atoms with Gasteiger partial charge in [-0.15, -0.1) is 0 Å². The second-order valence-electron chi connectivity index (χ2n) is 3.87. The average molecular weight is 208 g/mol. The van der Waals surface area contributed by atoms with Crippen LogP contribution in [0.3, 0.4) is 0 Å². The molecule has 0 saturated carbocycles. The number of ether oxygens (including phenoxy) is 1. The van der Waals surface area contributed by atoms with Crippen molar-refractivity contribution < 1.29 is 4.74 Å². The Bertz CT molecular complexity index is 269. The molecule has 1 rings (SSSR count). The first-order valence-electron chi connectivity index (χ1n) is 5.53. The van der Waals surface area contributed by atoms with Gasteiger partial charge in [-0.3, -0.25) is 4.98 Å². The van der Waals surface area contributed by atoms with Crippen molar-refractivity contribution in [3.8, 4) is 5.75 Å². The minimum absolute atomic E-state index is 0.489. The molecule has 0 aliphatic carbocycles. The molecule has 0 saturated heterocycles. The summed E-state index contributed by atoms with van der Waals surface area (Å²) in [5, 5.41) is 3.32. The van der Waals surface area contributed by atoms with Gasteiger partial charge < -0.3 is 10.1 Å². The molecule has 0 spiro atoms. The van der Waals surface area contributed by atoms with E-state index in [1.807, 2.05) is 12.1 Å². The highest BCUT2D eigenvalue weighted by Gasteiger charge is 1.97. The Morgan fingerprint density at radius 2 is 2.20 bits per heavy atom. The lowest BCUT2D eigenvalue weighted by Gasteiger charge is -2.08. The number of hydrogen-bond acceptors (Lipinski definition) is 3. The molecular weight excluding hydrogens is 188 g/mol. The van der Waals surface area contributed by atoms with Crippen molar-refractivity contribution in [1.82, 2.24) is 10.3 Å². The maximum atomic E-state index is 5.45. The molecule has 15 heavy (non-hydrogen) atoms. The first-order chi connectivity index (χ1) is 7.22. The highest BCUT2D eigenvalue weighted by molar-refractivity contribution is 5.19. The molecule has 1 aromatic rings. The summed E-state index contributed by atoms with van der Waals surface area (Å²) in [4.78, 5) is 4.32. The van der Waals surface area contributed by atoms with Crippen LogP contribution >= 0.6 is 0 Å². The lowest BCUT2D eigenvalue weighted by Crippen LogP contribution is -2.22. The molecular formula is C12H20N2O. The molecule has 0 fully saturated rings. The number of nitrogens with zero attached hydrogens (tertiary/aromatic N) is 1. The zero-order chi connectivity index (χ0) is 11.1. The maximum Gasteiger partial charge on any atom is 0.137 e. The van der Waals surface area contributed by atoms with Gasteiger partial charge in [0.2, 0.25) is 0 Å². The largest absolute Gasteiger partial charge is 0.492 e. The molecule has 3 heteroatoms. The molecule has 0 aromatic carbocycles. The van der Waals surface area contributed by atoms with Gasteiger partial charge in [0, 0.05) is 12.6 Å². The van der Waals surface area contributed by atoms with Crippen LogP contribution < -0.4 is 10.1 Å². The Balaban J connectivity index is 2.41. The predicted octanol–water partition coefficient (Wildman–Crippen LogP) is 2.37.